The van der Waals surface area contributed by atoms with E-state index < -0.39 is 55.0 Å². The topological polar surface area (TPSA) is 126 Å². The van der Waals surface area contributed by atoms with Gasteiger partial charge in [0.05, 0.1) is 13.7 Å². The third-order valence-electron chi connectivity index (χ3n) is 5.39. The molecule has 0 saturated heterocycles. The molecule has 41 heavy (non-hydrogen) atoms. The molecule has 11 nitrogen and oxygen atoms in total. The molecular weight excluding hydrogens is 590 g/mol. The summed E-state index contributed by atoms with van der Waals surface area (Å²) < 4.78 is 88.8. The minimum absolute atomic E-state index is 0.173. The predicted molar refractivity (Wildman–Crippen MR) is 127 cm³/mol. The van der Waals surface area contributed by atoms with Gasteiger partial charge in [-0.1, -0.05) is 23.7 Å². The first-order chi connectivity index (χ1) is 19.2. The zero-order valence-electron chi connectivity index (χ0n) is 20.5. The van der Waals surface area contributed by atoms with Gasteiger partial charge >= 0.3 is 24.2 Å². The number of carbonyl (C=O) groups excluding carboxylic acids is 1. The van der Waals surface area contributed by atoms with Crippen molar-refractivity contribution in [2.24, 2.45) is 0 Å². The predicted octanol–water partition coefficient (Wildman–Crippen LogP) is 3.60. The fraction of sp³-hybridized carbons (Fsp3) is 0.261. The highest BCUT2D eigenvalue weighted by Crippen LogP contribution is 2.29. The summed E-state index contributed by atoms with van der Waals surface area (Å²) in [5.41, 5.74) is -1.31. The number of halogens is 7. The Kier molecular flexibility index (Phi) is 8.12. The molecular formula is C23H17ClF6N6O5. The van der Waals surface area contributed by atoms with E-state index in [1.165, 1.54) is 36.4 Å². The monoisotopic (exact) mass is 606 g/mol. The normalized spacial score (nSPS) is 12.8. The third-order valence-corrected chi connectivity index (χ3v) is 5.64. The Balaban J connectivity index is 1.80. The first kappa shape index (κ1) is 29.6. The molecule has 18 heteroatoms. The second-order valence-corrected chi connectivity index (χ2v) is 8.65. The van der Waals surface area contributed by atoms with E-state index in [4.69, 9.17) is 11.6 Å². The Hall–Kier alpha value is -4.38. The SMILES string of the molecule is COC(=O)c1nc(Cn2nc(-c3ccc(Cl)cc3)n(C[C@@H](O)C(F)(F)F)c2=O)nn1-c1ccccc1OC(F)(F)F. The largest absolute Gasteiger partial charge is 0.573 e. The van der Waals surface area contributed by atoms with Crippen molar-refractivity contribution in [1.29, 1.82) is 0 Å². The van der Waals surface area contributed by atoms with E-state index in [1.807, 2.05) is 0 Å². The Labute approximate surface area is 230 Å². The molecule has 0 bridgehead atoms. The van der Waals surface area contributed by atoms with Crippen molar-refractivity contribution in [3.05, 3.63) is 75.7 Å². The number of hydrogen-bond acceptors (Lipinski definition) is 8. The van der Waals surface area contributed by atoms with Crippen molar-refractivity contribution in [3.63, 3.8) is 0 Å². The lowest BCUT2D eigenvalue weighted by molar-refractivity contribution is -0.274. The van der Waals surface area contributed by atoms with Crippen LogP contribution in [0, 0.1) is 0 Å². The van der Waals surface area contributed by atoms with Crippen LogP contribution in [0.3, 0.4) is 0 Å². The molecule has 0 radical (unpaired) electrons. The molecule has 0 amide bonds. The van der Waals surface area contributed by atoms with Crippen molar-refractivity contribution < 1.29 is 45.7 Å². The molecule has 0 aliphatic heterocycles. The van der Waals surface area contributed by atoms with Gasteiger partial charge in [0, 0.05) is 10.6 Å². The van der Waals surface area contributed by atoms with Crippen LogP contribution in [-0.4, -0.2) is 65.9 Å². The van der Waals surface area contributed by atoms with E-state index in [0.29, 0.717) is 13.9 Å². The molecule has 2 aromatic heterocycles. The highest BCUT2D eigenvalue weighted by Gasteiger charge is 2.39. The van der Waals surface area contributed by atoms with Crippen LogP contribution >= 0.6 is 11.6 Å². The molecule has 4 rings (SSSR count). The van der Waals surface area contributed by atoms with Gasteiger partial charge in [-0.3, -0.25) is 4.57 Å². The summed E-state index contributed by atoms with van der Waals surface area (Å²) in [5.74, 6) is -3.07. The lowest BCUT2D eigenvalue weighted by atomic mass is 10.2. The Morgan fingerprint density at radius 1 is 1.05 bits per heavy atom. The van der Waals surface area contributed by atoms with Crippen LogP contribution in [0.15, 0.2) is 53.3 Å². The number of carbonyl (C=O) groups is 1. The van der Waals surface area contributed by atoms with E-state index in [9.17, 15) is 41.0 Å². The molecule has 0 aliphatic carbocycles. The maximum atomic E-state index is 13.1. The highest BCUT2D eigenvalue weighted by molar-refractivity contribution is 6.30. The van der Waals surface area contributed by atoms with Gasteiger partial charge in [0.15, 0.2) is 23.5 Å². The van der Waals surface area contributed by atoms with Gasteiger partial charge in [-0.2, -0.15) is 13.2 Å². The lowest BCUT2D eigenvalue weighted by Gasteiger charge is -2.15. The molecule has 218 valence electrons. The fourth-order valence-electron chi connectivity index (χ4n) is 3.59. The third kappa shape index (κ3) is 6.68. The summed E-state index contributed by atoms with van der Waals surface area (Å²) in [5, 5.41) is 18.0. The number of methoxy groups -OCH3 is 1. The van der Waals surface area contributed by atoms with E-state index in [2.05, 4.69) is 24.7 Å². The average molecular weight is 607 g/mol. The first-order valence-corrected chi connectivity index (χ1v) is 11.6. The smallest absolute Gasteiger partial charge is 0.463 e. The minimum atomic E-state index is -5.09. The van der Waals surface area contributed by atoms with Gasteiger partial charge in [-0.05, 0) is 36.4 Å². The highest BCUT2D eigenvalue weighted by atomic mass is 35.5. The maximum Gasteiger partial charge on any atom is 0.573 e. The van der Waals surface area contributed by atoms with Crippen LogP contribution in [0.4, 0.5) is 26.3 Å². The Bertz CT molecular complexity index is 1610. The standard InChI is InChI=1S/C23H17ClF6N6O5/c1-40-20(38)19-31-17(32-36(19)14-4-2-3-5-15(14)41-23(28,29)30)11-35-21(39)34(10-16(37)22(25,26)27)18(33-35)12-6-8-13(24)9-7-12/h2-9,16,37H,10-11H2,1H3/t16-/m1/s1. The van der Waals surface area contributed by atoms with E-state index in [0.717, 1.165) is 19.2 Å². The molecule has 0 aliphatic rings. The minimum Gasteiger partial charge on any atom is -0.463 e. The number of para-hydroxylation sites is 2. The number of esters is 1. The molecule has 2 heterocycles. The van der Waals surface area contributed by atoms with Crippen molar-refractivity contribution in [2.45, 2.75) is 31.7 Å². The number of nitrogens with zero attached hydrogens (tertiary/aromatic N) is 6. The number of benzene rings is 2. The van der Waals surface area contributed by atoms with Crippen LogP contribution < -0.4 is 10.4 Å². The number of aromatic nitrogens is 6. The summed E-state index contributed by atoms with van der Waals surface area (Å²) in [6.07, 6.45) is -13.1. The van der Waals surface area contributed by atoms with Crippen molar-refractivity contribution in [2.75, 3.05) is 7.11 Å². The van der Waals surface area contributed by atoms with E-state index >= 15 is 0 Å². The van der Waals surface area contributed by atoms with Crippen molar-refractivity contribution >= 4 is 17.6 Å². The van der Waals surface area contributed by atoms with Crippen LogP contribution in [0.5, 0.6) is 5.75 Å². The number of aliphatic hydroxyl groups is 1. The quantitative estimate of drug-likeness (QED) is 0.238. The molecule has 0 saturated carbocycles. The molecule has 2 aromatic carbocycles. The molecule has 4 aromatic rings. The van der Waals surface area contributed by atoms with Gasteiger partial charge in [0.25, 0.3) is 0 Å². The number of rotatable bonds is 8. The second kappa shape index (κ2) is 11.2. The number of alkyl halides is 6. The van der Waals surface area contributed by atoms with Gasteiger partial charge in [-0.25, -0.2) is 23.9 Å². The van der Waals surface area contributed by atoms with Gasteiger partial charge in [0.2, 0.25) is 5.82 Å². The maximum absolute atomic E-state index is 13.1. The van der Waals surface area contributed by atoms with Gasteiger partial charge in [0.1, 0.15) is 12.2 Å². The van der Waals surface area contributed by atoms with Crippen LogP contribution in [0.2, 0.25) is 5.02 Å². The summed E-state index contributed by atoms with van der Waals surface area (Å²) in [4.78, 5) is 29.4. The molecule has 0 unspecified atom stereocenters. The fourth-order valence-corrected chi connectivity index (χ4v) is 3.71. The second-order valence-electron chi connectivity index (χ2n) is 8.21. The van der Waals surface area contributed by atoms with Crippen molar-refractivity contribution in [3.8, 4) is 22.8 Å². The van der Waals surface area contributed by atoms with Crippen LogP contribution in [0.1, 0.15) is 16.4 Å². The summed E-state index contributed by atoms with van der Waals surface area (Å²) in [6, 6.07) is 10.2. The number of hydrogen-bond donors (Lipinski definition) is 1. The molecule has 1 N–H and O–H groups in total. The average Bonchev–Trinajstić information content (AvgIpc) is 3.44. The number of ether oxygens (including phenoxy) is 2. The summed E-state index contributed by atoms with van der Waals surface area (Å²) >= 11 is 5.87. The summed E-state index contributed by atoms with van der Waals surface area (Å²) in [7, 11) is 0.982. The van der Waals surface area contributed by atoms with E-state index in [-0.39, 0.29) is 27.9 Å². The van der Waals surface area contributed by atoms with Gasteiger partial charge in [-0.15, -0.1) is 23.4 Å². The zero-order valence-corrected chi connectivity index (χ0v) is 21.3. The van der Waals surface area contributed by atoms with Gasteiger partial charge < -0.3 is 14.6 Å². The lowest BCUT2D eigenvalue weighted by Crippen LogP contribution is -2.37. The molecule has 0 fully saturated rings. The van der Waals surface area contributed by atoms with Crippen molar-refractivity contribution in [1.82, 2.24) is 29.1 Å². The summed E-state index contributed by atoms with van der Waals surface area (Å²) in [6.45, 7) is -1.86. The first-order valence-electron chi connectivity index (χ1n) is 11.3. The number of aliphatic hydroxyl groups excluding tert-OH is 1. The molecule has 1 atom stereocenters. The Morgan fingerprint density at radius 3 is 2.32 bits per heavy atom. The Morgan fingerprint density at radius 2 is 1.71 bits per heavy atom. The van der Waals surface area contributed by atoms with Crippen LogP contribution in [-0.2, 0) is 17.8 Å². The van der Waals surface area contributed by atoms with Crippen LogP contribution in [0.25, 0.3) is 17.1 Å². The zero-order chi connectivity index (χ0) is 30.1. The van der Waals surface area contributed by atoms with E-state index in [1.54, 1.807) is 0 Å². The molecule has 0 spiro atoms.